The summed E-state index contributed by atoms with van der Waals surface area (Å²) in [6.45, 7) is 1.76. The van der Waals surface area contributed by atoms with Crippen LogP contribution >= 0.6 is 0 Å². The minimum absolute atomic E-state index is 0.382. The highest BCUT2D eigenvalue weighted by molar-refractivity contribution is 5.51. The van der Waals surface area contributed by atoms with Crippen LogP contribution in [-0.4, -0.2) is 28.1 Å². The van der Waals surface area contributed by atoms with Gasteiger partial charge in [-0.3, -0.25) is 0 Å². The third kappa shape index (κ3) is 2.63. The first-order chi connectivity index (χ1) is 11.8. The van der Waals surface area contributed by atoms with Crippen LogP contribution in [0.15, 0.2) is 60.7 Å². The zero-order valence-corrected chi connectivity index (χ0v) is 13.2. The van der Waals surface area contributed by atoms with Crippen molar-refractivity contribution in [1.82, 2.24) is 15.0 Å². The first-order valence-corrected chi connectivity index (χ1v) is 8.08. The Morgan fingerprint density at radius 1 is 0.958 bits per heavy atom. The van der Waals surface area contributed by atoms with E-state index in [0.29, 0.717) is 17.4 Å². The predicted octanol–water partition coefficient (Wildman–Crippen LogP) is 3.13. The van der Waals surface area contributed by atoms with Gasteiger partial charge in [-0.25, -0.2) is 0 Å². The van der Waals surface area contributed by atoms with Crippen LogP contribution in [0, 0.1) is 11.3 Å². The number of nitrogens with zero attached hydrogens (tertiary/aromatic N) is 5. The molecule has 0 amide bonds. The molecule has 24 heavy (non-hydrogen) atoms. The number of benzene rings is 2. The van der Waals surface area contributed by atoms with Gasteiger partial charge in [-0.1, -0.05) is 48.5 Å². The maximum Gasteiger partial charge on any atom is 0.207 e. The molecule has 1 fully saturated rings. The van der Waals surface area contributed by atoms with Crippen molar-refractivity contribution in [1.29, 1.82) is 5.26 Å². The Kier molecular flexibility index (Phi) is 3.72. The normalized spacial score (nSPS) is 17.0. The summed E-state index contributed by atoms with van der Waals surface area (Å²) in [6.07, 6.45) is 1.06. The molecule has 1 atom stereocenters. The van der Waals surface area contributed by atoms with Gasteiger partial charge in [-0.05, 0) is 24.1 Å². The molecule has 5 nitrogen and oxygen atoms in total. The van der Waals surface area contributed by atoms with Gasteiger partial charge in [0.2, 0.25) is 5.69 Å². The van der Waals surface area contributed by atoms with Gasteiger partial charge in [-0.15, -0.1) is 15.0 Å². The van der Waals surface area contributed by atoms with E-state index in [0.717, 1.165) is 25.2 Å². The lowest BCUT2D eigenvalue weighted by atomic mass is 9.99. The van der Waals surface area contributed by atoms with Crippen LogP contribution in [-0.2, 0) is 0 Å². The quantitative estimate of drug-likeness (QED) is 0.745. The summed E-state index contributed by atoms with van der Waals surface area (Å²) in [6, 6.07) is 22.4. The zero-order chi connectivity index (χ0) is 16.4. The minimum Gasteiger partial charge on any atom is -0.352 e. The molecule has 0 N–H and O–H groups in total. The van der Waals surface area contributed by atoms with Gasteiger partial charge in [-0.2, -0.15) is 5.26 Å². The molecule has 0 bridgehead atoms. The summed E-state index contributed by atoms with van der Waals surface area (Å²) in [4.78, 5) is 3.71. The lowest BCUT2D eigenvalue weighted by Gasteiger charge is -2.15. The second-order valence-electron chi connectivity index (χ2n) is 5.95. The van der Waals surface area contributed by atoms with Crippen LogP contribution < -0.4 is 4.90 Å². The second-order valence-corrected chi connectivity index (χ2v) is 5.95. The summed E-state index contributed by atoms with van der Waals surface area (Å²) in [5.74, 6) is 1.15. The molecule has 1 saturated heterocycles. The van der Waals surface area contributed by atoms with E-state index in [-0.39, 0.29) is 0 Å². The number of para-hydroxylation sites is 1. The molecule has 0 aliphatic carbocycles. The molecule has 118 valence electrons. The van der Waals surface area contributed by atoms with Crippen molar-refractivity contribution in [2.45, 2.75) is 12.3 Å². The van der Waals surface area contributed by atoms with Crippen LogP contribution in [0.2, 0.25) is 0 Å². The Hall–Kier alpha value is -3.13. The number of aromatic nitrogens is 3. The minimum atomic E-state index is 0.382. The van der Waals surface area contributed by atoms with Crippen LogP contribution in [0.25, 0.3) is 5.69 Å². The summed E-state index contributed by atoms with van der Waals surface area (Å²) < 4.78 is 0. The fraction of sp³-hybridized carbons (Fsp3) is 0.211. The van der Waals surface area contributed by atoms with E-state index in [2.05, 4.69) is 45.4 Å². The number of rotatable bonds is 3. The van der Waals surface area contributed by atoms with Crippen LogP contribution in [0.3, 0.4) is 0 Å². The molecular weight excluding hydrogens is 298 g/mol. The Bertz CT molecular complexity index is 864. The van der Waals surface area contributed by atoms with Gasteiger partial charge in [0, 0.05) is 19.0 Å². The summed E-state index contributed by atoms with van der Waals surface area (Å²) in [5.41, 5.74) is 2.58. The smallest absolute Gasteiger partial charge is 0.207 e. The fourth-order valence-corrected chi connectivity index (χ4v) is 3.21. The molecule has 0 radical (unpaired) electrons. The molecule has 0 saturated carbocycles. The topological polar surface area (TPSA) is 57.7 Å². The zero-order valence-electron chi connectivity index (χ0n) is 13.2. The van der Waals surface area contributed by atoms with E-state index in [1.165, 1.54) is 5.56 Å². The van der Waals surface area contributed by atoms with Crippen molar-refractivity contribution in [2.24, 2.45) is 0 Å². The van der Waals surface area contributed by atoms with Gasteiger partial charge in [0.05, 0.1) is 5.69 Å². The molecular formula is C19H17N5. The van der Waals surface area contributed by atoms with E-state index >= 15 is 0 Å². The Morgan fingerprint density at radius 3 is 2.38 bits per heavy atom. The third-order valence-electron chi connectivity index (χ3n) is 4.45. The van der Waals surface area contributed by atoms with Gasteiger partial charge in [0.1, 0.15) is 6.07 Å². The molecule has 4 rings (SSSR count). The molecule has 2 aromatic carbocycles. The lowest BCUT2D eigenvalue weighted by Crippen LogP contribution is -2.20. The SMILES string of the molecule is N#Cc1nn(-c2ccccc2)nc1N1CC[C@H](c2ccccc2)C1. The monoisotopic (exact) mass is 315 g/mol. The highest BCUT2D eigenvalue weighted by Gasteiger charge is 2.28. The van der Waals surface area contributed by atoms with Crippen molar-refractivity contribution >= 4 is 5.82 Å². The number of nitriles is 1. The molecule has 0 unspecified atom stereocenters. The van der Waals surface area contributed by atoms with Crippen molar-refractivity contribution < 1.29 is 0 Å². The fourth-order valence-electron chi connectivity index (χ4n) is 3.21. The Balaban J connectivity index is 1.61. The molecule has 3 aromatic rings. The largest absolute Gasteiger partial charge is 0.352 e. The first-order valence-electron chi connectivity index (χ1n) is 8.08. The number of hydrogen-bond donors (Lipinski definition) is 0. The first kappa shape index (κ1) is 14.5. The highest BCUT2D eigenvalue weighted by Crippen LogP contribution is 2.31. The maximum absolute atomic E-state index is 9.43. The van der Waals surface area contributed by atoms with E-state index < -0.39 is 0 Å². The molecule has 5 heteroatoms. The number of anilines is 1. The Morgan fingerprint density at radius 2 is 1.67 bits per heavy atom. The highest BCUT2D eigenvalue weighted by atomic mass is 15.5. The maximum atomic E-state index is 9.43. The lowest BCUT2D eigenvalue weighted by molar-refractivity contribution is 0.741. The van der Waals surface area contributed by atoms with E-state index in [4.69, 9.17) is 0 Å². The summed E-state index contributed by atoms with van der Waals surface area (Å²) in [7, 11) is 0. The van der Waals surface area contributed by atoms with Gasteiger partial charge >= 0.3 is 0 Å². The summed E-state index contributed by atoms with van der Waals surface area (Å²) in [5, 5.41) is 18.3. The van der Waals surface area contributed by atoms with Crippen molar-refractivity contribution in [3.63, 3.8) is 0 Å². The van der Waals surface area contributed by atoms with Gasteiger partial charge in [0.25, 0.3) is 0 Å². The predicted molar refractivity (Wildman–Crippen MR) is 92.1 cm³/mol. The molecule has 1 aliphatic rings. The van der Waals surface area contributed by atoms with E-state index in [9.17, 15) is 5.26 Å². The van der Waals surface area contributed by atoms with Crippen molar-refractivity contribution in [3.05, 3.63) is 71.9 Å². The van der Waals surface area contributed by atoms with Crippen molar-refractivity contribution in [2.75, 3.05) is 18.0 Å². The average molecular weight is 315 g/mol. The van der Waals surface area contributed by atoms with E-state index in [1.54, 1.807) is 4.80 Å². The van der Waals surface area contributed by atoms with Gasteiger partial charge in [0.15, 0.2) is 5.82 Å². The molecule has 1 aromatic heterocycles. The van der Waals surface area contributed by atoms with Crippen LogP contribution in [0.4, 0.5) is 5.82 Å². The van der Waals surface area contributed by atoms with Crippen LogP contribution in [0.1, 0.15) is 23.6 Å². The van der Waals surface area contributed by atoms with Crippen LogP contribution in [0.5, 0.6) is 0 Å². The molecule has 2 heterocycles. The van der Waals surface area contributed by atoms with Crippen molar-refractivity contribution in [3.8, 4) is 11.8 Å². The van der Waals surface area contributed by atoms with E-state index in [1.807, 2.05) is 36.4 Å². The molecule has 0 spiro atoms. The molecule has 1 aliphatic heterocycles. The summed E-state index contributed by atoms with van der Waals surface area (Å²) >= 11 is 0. The average Bonchev–Trinajstić information content (AvgIpc) is 3.30. The second kappa shape index (κ2) is 6.17. The third-order valence-corrected chi connectivity index (χ3v) is 4.45. The standard InChI is InChI=1S/C19H17N5/c20-13-18-19(22-24(21-18)17-9-5-2-6-10-17)23-12-11-16(14-23)15-7-3-1-4-8-15/h1-10,16H,11-12,14H2/t16-/m0/s1. The van der Waals surface area contributed by atoms with Gasteiger partial charge < -0.3 is 4.90 Å². The Labute approximate surface area is 140 Å². The number of hydrogen-bond acceptors (Lipinski definition) is 4.